The Morgan fingerprint density at radius 3 is 2.52 bits per heavy atom. The van der Waals surface area contributed by atoms with Crippen molar-refractivity contribution >= 4 is 5.52 Å². The minimum Gasteiger partial charge on any atom is -0.337 e. The van der Waals surface area contributed by atoms with Crippen molar-refractivity contribution in [2.45, 2.75) is 13.1 Å². The van der Waals surface area contributed by atoms with Crippen LogP contribution in [-0.2, 0) is 20.1 Å². The molecule has 0 N–H and O–H groups in total. The Kier molecular flexibility index (Phi) is 4.26. The average molecular weight is 334 g/mol. The predicted octanol–water partition coefficient (Wildman–Crippen LogP) is 1.86. The zero-order chi connectivity index (χ0) is 17.2. The molecule has 0 radical (unpaired) electrons. The molecule has 1 saturated heterocycles. The molecule has 6 heteroatoms. The lowest BCUT2D eigenvalue weighted by Gasteiger charge is -2.34. The molecule has 1 aliphatic heterocycles. The first-order valence-corrected chi connectivity index (χ1v) is 8.64. The molecular weight excluding hydrogens is 312 g/mol. The quantitative estimate of drug-likeness (QED) is 0.731. The van der Waals surface area contributed by atoms with Crippen LogP contribution in [0.4, 0.5) is 0 Å². The van der Waals surface area contributed by atoms with Crippen LogP contribution in [0.2, 0.25) is 0 Å². The third kappa shape index (κ3) is 3.16. The molecule has 0 aromatic carbocycles. The minimum atomic E-state index is 0.802. The van der Waals surface area contributed by atoms with Gasteiger partial charge in [-0.3, -0.25) is 9.80 Å². The molecule has 4 heterocycles. The molecule has 25 heavy (non-hydrogen) atoms. The van der Waals surface area contributed by atoms with Gasteiger partial charge in [-0.1, -0.05) is 6.07 Å². The van der Waals surface area contributed by atoms with Crippen LogP contribution < -0.4 is 0 Å². The fraction of sp³-hybridized carbons (Fsp3) is 0.368. The average Bonchev–Trinajstić information content (AvgIpc) is 3.19. The molecule has 128 valence electrons. The Hall–Kier alpha value is -2.62. The molecule has 0 aliphatic carbocycles. The molecule has 6 nitrogen and oxygen atoms in total. The Morgan fingerprint density at radius 2 is 1.84 bits per heavy atom. The maximum absolute atomic E-state index is 9.55. The summed E-state index contributed by atoms with van der Waals surface area (Å²) in [7, 11) is 2.04. The number of rotatable bonds is 4. The molecule has 3 aromatic heterocycles. The number of pyridine rings is 1. The van der Waals surface area contributed by atoms with Crippen LogP contribution in [0.1, 0.15) is 17.0 Å². The van der Waals surface area contributed by atoms with E-state index in [-0.39, 0.29) is 0 Å². The van der Waals surface area contributed by atoms with Gasteiger partial charge in [0.05, 0.1) is 17.6 Å². The SMILES string of the molecule is Cn1ccnc1CN1CCN(Cc2cn3ccccc3c2C#N)CC1. The lowest BCUT2D eigenvalue weighted by atomic mass is 10.1. The van der Waals surface area contributed by atoms with Crippen molar-refractivity contribution < 1.29 is 0 Å². The standard InChI is InChI=1S/C19H22N6/c1-22-7-5-21-19(22)15-24-10-8-23(9-11-24)13-16-14-25-6-3-2-4-18(25)17(16)12-20/h2-7,14H,8-11,13,15H2,1H3. The third-order valence-corrected chi connectivity index (χ3v) is 5.02. The van der Waals surface area contributed by atoms with Gasteiger partial charge in [-0.05, 0) is 12.1 Å². The first-order chi connectivity index (χ1) is 12.2. The van der Waals surface area contributed by atoms with Gasteiger partial charge in [0.25, 0.3) is 0 Å². The van der Waals surface area contributed by atoms with Gasteiger partial charge in [0.15, 0.2) is 0 Å². The normalized spacial score (nSPS) is 16.3. The number of imidazole rings is 1. The van der Waals surface area contributed by atoms with E-state index >= 15 is 0 Å². The van der Waals surface area contributed by atoms with Crippen LogP contribution in [0.3, 0.4) is 0 Å². The van der Waals surface area contributed by atoms with Gasteiger partial charge in [0, 0.05) is 70.1 Å². The summed E-state index contributed by atoms with van der Waals surface area (Å²) in [5.74, 6) is 1.11. The topological polar surface area (TPSA) is 52.5 Å². The third-order valence-electron chi connectivity index (χ3n) is 5.02. The summed E-state index contributed by atoms with van der Waals surface area (Å²) < 4.78 is 4.13. The number of nitriles is 1. The summed E-state index contributed by atoms with van der Waals surface area (Å²) in [4.78, 5) is 9.29. The summed E-state index contributed by atoms with van der Waals surface area (Å²) in [6, 6.07) is 8.37. The first-order valence-electron chi connectivity index (χ1n) is 8.64. The molecule has 3 aromatic rings. The molecule has 0 bridgehead atoms. The lowest BCUT2D eigenvalue weighted by molar-refractivity contribution is 0.119. The van der Waals surface area contributed by atoms with Gasteiger partial charge in [-0.25, -0.2) is 4.98 Å². The number of fused-ring (bicyclic) bond motifs is 1. The monoisotopic (exact) mass is 334 g/mol. The van der Waals surface area contributed by atoms with E-state index in [4.69, 9.17) is 0 Å². The fourth-order valence-electron chi connectivity index (χ4n) is 3.52. The number of piperazine rings is 1. The molecule has 0 unspecified atom stereocenters. The van der Waals surface area contributed by atoms with Gasteiger partial charge in [-0.2, -0.15) is 5.26 Å². The minimum absolute atomic E-state index is 0.802. The van der Waals surface area contributed by atoms with Crippen LogP contribution in [0.5, 0.6) is 0 Å². The second kappa shape index (κ2) is 6.71. The summed E-state index contributed by atoms with van der Waals surface area (Å²) >= 11 is 0. The van der Waals surface area contributed by atoms with Crippen LogP contribution in [0, 0.1) is 11.3 Å². The van der Waals surface area contributed by atoms with Crippen LogP contribution in [0.15, 0.2) is 43.0 Å². The van der Waals surface area contributed by atoms with Crippen molar-refractivity contribution in [1.29, 1.82) is 5.26 Å². The summed E-state index contributed by atoms with van der Waals surface area (Å²) in [6.07, 6.45) is 7.94. The molecule has 0 atom stereocenters. The van der Waals surface area contributed by atoms with Crippen molar-refractivity contribution in [3.63, 3.8) is 0 Å². The zero-order valence-electron chi connectivity index (χ0n) is 14.5. The van der Waals surface area contributed by atoms with E-state index in [2.05, 4.69) is 31.6 Å². The highest BCUT2D eigenvalue weighted by Crippen LogP contribution is 2.20. The van der Waals surface area contributed by atoms with Crippen molar-refractivity contribution in [3.8, 4) is 6.07 Å². The van der Waals surface area contributed by atoms with Crippen LogP contribution in [0.25, 0.3) is 5.52 Å². The van der Waals surface area contributed by atoms with Crippen molar-refractivity contribution in [3.05, 3.63) is 59.9 Å². The van der Waals surface area contributed by atoms with Crippen molar-refractivity contribution in [2.75, 3.05) is 26.2 Å². The van der Waals surface area contributed by atoms with E-state index in [9.17, 15) is 5.26 Å². The van der Waals surface area contributed by atoms with Gasteiger partial charge in [0.1, 0.15) is 11.9 Å². The lowest BCUT2D eigenvalue weighted by Crippen LogP contribution is -2.45. The number of aryl methyl sites for hydroxylation is 1. The Bertz CT molecular complexity index is 908. The molecule has 0 amide bonds. The predicted molar refractivity (Wildman–Crippen MR) is 95.9 cm³/mol. The highest BCUT2D eigenvalue weighted by molar-refractivity contribution is 5.65. The Balaban J connectivity index is 1.41. The highest BCUT2D eigenvalue weighted by atomic mass is 15.3. The fourth-order valence-corrected chi connectivity index (χ4v) is 3.52. The van der Waals surface area contributed by atoms with Gasteiger partial charge in [0.2, 0.25) is 0 Å². The first kappa shape index (κ1) is 15.9. The summed E-state index contributed by atoms with van der Waals surface area (Å²) in [6.45, 7) is 5.82. The van der Waals surface area contributed by atoms with E-state index in [0.717, 1.165) is 61.7 Å². The van der Waals surface area contributed by atoms with Gasteiger partial charge >= 0.3 is 0 Å². The number of hydrogen-bond acceptors (Lipinski definition) is 4. The highest BCUT2D eigenvalue weighted by Gasteiger charge is 2.20. The Labute approximate surface area is 147 Å². The van der Waals surface area contributed by atoms with Gasteiger partial charge < -0.3 is 8.97 Å². The smallest absolute Gasteiger partial charge is 0.122 e. The van der Waals surface area contributed by atoms with E-state index in [1.165, 1.54) is 0 Å². The maximum atomic E-state index is 9.55. The van der Waals surface area contributed by atoms with Crippen molar-refractivity contribution in [2.24, 2.45) is 7.05 Å². The molecule has 1 aliphatic rings. The van der Waals surface area contributed by atoms with E-state index in [0.29, 0.717) is 0 Å². The number of aromatic nitrogens is 3. The zero-order valence-corrected chi connectivity index (χ0v) is 14.5. The summed E-state index contributed by atoms with van der Waals surface area (Å²) in [5, 5.41) is 9.55. The van der Waals surface area contributed by atoms with Crippen molar-refractivity contribution in [1.82, 2.24) is 23.8 Å². The molecule has 0 saturated carbocycles. The van der Waals surface area contributed by atoms with Gasteiger partial charge in [-0.15, -0.1) is 0 Å². The number of hydrogen-bond donors (Lipinski definition) is 0. The van der Waals surface area contributed by atoms with E-state index < -0.39 is 0 Å². The second-order valence-electron chi connectivity index (χ2n) is 6.64. The largest absolute Gasteiger partial charge is 0.337 e. The Morgan fingerprint density at radius 1 is 1.08 bits per heavy atom. The maximum Gasteiger partial charge on any atom is 0.122 e. The van der Waals surface area contributed by atoms with Crippen LogP contribution in [-0.4, -0.2) is 49.9 Å². The van der Waals surface area contributed by atoms with E-state index in [1.54, 1.807) is 0 Å². The molecule has 4 rings (SSSR count). The number of nitrogens with zero attached hydrogens (tertiary/aromatic N) is 6. The summed E-state index contributed by atoms with van der Waals surface area (Å²) in [5.41, 5.74) is 2.91. The molecule has 1 fully saturated rings. The second-order valence-corrected chi connectivity index (χ2v) is 6.64. The molecule has 0 spiro atoms. The van der Waals surface area contributed by atoms with E-state index in [1.807, 2.05) is 48.2 Å². The van der Waals surface area contributed by atoms with Crippen LogP contribution >= 0.6 is 0 Å². The molecular formula is C19H22N6.